The van der Waals surface area contributed by atoms with Crippen LogP contribution in [0.1, 0.15) is 15.9 Å². The van der Waals surface area contributed by atoms with Gasteiger partial charge >= 0.3 is 0 Å². The molecule has 0 aliphatic rings. The van der Waals surface area contributed by atoms with E-state index in [0.29, 0.717) is 6.54 Å². The molecule has 0 aliphatic heterocycles. The highest BCUT2D eigenvalue weighted by molar-refractivity contribution is 7.22. The van der Waals surface area contributed by atoms with Crippen molar-refractivity contribution in [2.45, 2.75) is 6.92 Å². The lowest BCUT2D eigenvalue weighted by Gasteiger charge is -2.22. The van der Waals surface area contributed by atoms with E-state index in [9.17, 15) is 23.7 Å². The van der Waals surface area contributed by atoms with Crippen LogP contribution in [0.2, 0.25) is 0 Å². The number of amides is 1. The van der Waals surface area contributed by atoms with E-state index in [4.69, 9.17) is 0 Å². The molecule has 1 aromatic heterocycles. The number of aromatic nitrogens is 1. The smallest absolute Gasteiger partial charge is 0.273 e. The number of nitro groups is 1. The van der Waals surface area contributed by atoms with Gasteiger partial charge in [-0.2, -0.15) is 0 Å². The van der Waals surface area contributed by atoms with Crippen LogP contribution in [0.25, 0.3) is 10.2 Å². The van der Waals surface area contributed by atoms with Gasteiger partial charge in [0.1, 0.15) is 11.3 Å². The number of nitrogens with zero attached hydrogens (tertiary/aromatic N) is 4. The van der Waals surface area contributed by atoms with Gasteiger partial charge in [-0.3, -0.25) is 19.8 Å². The van der Waals surface area contributed by atoms with Crippen LogP contribution in [0.5, 0.6) is 0 Å². The van der Waals surface area contributed by atoms with Gasteiger partial charge in [0.15, 0.2) is 10.9 Å². The second kappa shape index (κ2) is 9.41. The molecule has 3 rings (SSSR count). The summed E-state index contributed by atoms with van der Waals surface area (Å²) in [5, 5.41) is 11.4. The SMILES string of the molecule is Cc1c(C(=O)N(CCN(C)C)c2nc3c(F)cc(F)cc3s2)cccc1[N+](=O)[O-].Cl. The molecule has 0 aliphatic carbocycles. The number of carbonyl (C=O) groups is 1. The van der Waals surface area contributed by atoms with Crippen molar-refractivity contribution in [1.82, 2.24) is 9.88 Å². The fraction of sp³-hybridized carbons (Fsp3) is 0.263. The average molecular weight is 457 g/mol. The first-order valence-electron chi connectivity index (χ1n) is 8.65. The summed E-state index contributed by atoms with van der Waals surface area (Å²) >= 11 is 0.986. The standard InChI is InChI=1S/C19H18F2N4O3S.ClH/c1-11-13(5-4-6-15(11)25(27)28)18(26)24(8-7-23(2)3)19-22-17-14(21)9-12(20)10-16(17)29-19;/h4-6,9-10H,7-8H2,1-3H3;1H. The zero-order valence-corrected chi connectivity index (χ0v) is 18.0. The van der Waals surface area contributed by atoms with E-state index in [1.165, 1.54) is 30.0 Å². The maximum atomic E-state index is 14.1. The maximum absolute atomic E-state index is 14.1. The first-order chi connectivity index (χ1) is 13.7. The number of hydrogen-bond donors (Lipinski definition) is 0. The molecule has 0 fully saturated rings. The van der Waals surface area contributed by atoms with Crippen LogP contribution in [0, 0.1) is 28.7 Å². The molecule has 0 spiro atoms. The van der Waals surface area contributed by atoms with Gasteiger partial charge in [-0.05, 0) is 33.2 Å². The number of benzene rings is 2. The van der Waals surface area contributed by atoms with Crippen LogP contribution in [-0.2, 0) is 0 Å². The van der Waals surface area contributed by atoms with Crippen LogP contribution in [0.4, 0.5) is 19.6 Å². The number of thiazole rings is 1. The number of likely N-dealkylation sites (N-methyl/N-ethyl adjacent to an activating group) is 1. The molecule has 0 N–H and O–H groups in total. The molecule has 3 aromatic rings. The minimum absolute atomic E-state index is 0. The van der Waals surface area contributed by atoms with Crippen molar-refractivity contribution >= 4 is 50.7 Å². The van der Waals surface area contributed by atoms with Gasteiger partial charge in [-0.1, -0.05) is 17.4 Å². The average Bonchev–Trinajstić information content (AvgIpc) is 3.05. The topological polar surface area (TPSA) is 79.6 Å². The number of nitro benzene ring substituents is 1. The summed E-state index contributed by atoms with van der Waals surface area (Å²) in [5.41, 5.74) is 0.199. The Morgan fingerprint density at radius 2 is 1.93 bits per heavy atom. The van der Waals surface area contributed by atoms with Crippen LogP contribution in [0.3, 0.4) is 0 Å². The number of halogens is 3. The van der Waals surface area contributed by atoms with E-state index >= 15 is 0 Å². The number of hydrogen-bond acceptors (Lipinski definition) is 6. The van der Waals surface area contributed by atoms with Crippen molar-refractivity contribution in [3.8, 4) is 0 Å². The third kappa shape index (κ3) is 4.72. The minimum Gasteiger partial charge on any atom is -0.308 e. The van der Waals surface area contributed by atoms with E-state index in [2.05, 4.69) is 4.98 Å². The molecule has 160 valence electrons. The summed E-state index contributed by atoms with van der Waals surface area (Å²) in [4.78, 5) is 31.3. The first-order valence-corrected chi connectivity index (χ1v) is 9.47. The van der Waals surface area contributed by atoms with Crippen molar-refractivity contribution in [2.24, 2.45) is 0 Å². The molecule has 7 nitrogen and oxygen atoms in total. The molecule has 2 aromatic carbocycles. The molecule has 0 unspecified atom stereocenters. The quantitative estimate of drug-likeness (QED) is 0.405. The first kappa shape index (κ1) is 23.6. The minimum atomic E-state index is -0.811. The molecule has 0 bridgehead atoms. The Morgan fingerprint density at radius 3 is 2.57 bits per heavy atom. The second-order valence-electron chi connectivity index (χ2n) is 6.70. The van der Waals surface area contributed by atoms with E-state index in [-0.39, 0.29) is 51.1 Å². The van der Waals surface area contributed by atoms with Gasteiger partial charge in [0.25, 0.3) is 11.6 Å². The van der Waals surface area contributed by atoms with E-state index in [1.807, 2.05) is 19.0 Å². The van der Waals surface area contributed by atoms with Crippen molar-refractivity contribution < 1.29 is 18.5 Å². The Kier molecular flexibility index (Phi) is 7.40. The Hall–Kier alpha value is -2.69. The third-order valence-electron chi connectivity index (χ3n) is 4.38. The fourth-order valence-electron chi connectivity index (χ4n) is 2.84. The summed E-state index contributed by atoms with van der Waals surface area (Å²) in [6.07, 6.45) is 0. The lowest BCUT2D eigenvalue weighted by atomic mass is 10.1. The molecule has 1 amide bonds. The molecule has 1 heterocycles. The van der Waals surface area contributed by atoms with Gasteiger partial charge in [-0.15, -0.1) is 12.4 Å². The number of rotatable bonds is 6. The Balaban J connectivity index is 0.00000320. The Labute approximate surface area is 181 Å². The van der Waals surface area contributed by atoms with Crippen molar-refractivity contribution in [3.05, 3.63) is 63.2 Å². The molecular formula is C19H19ClF2N4O3S. The fourth-order valence-corrected chi connectivity index (χ4v) is 3.87. The summed E-state index contributed by atoms with van der Waals surface area (Å²) in [7, 11) is 3.66. The molecule has 0 saturated heterocycles. The van der Waals surface area contributed by atoms with Crippen LogP contribution in [-0.4, -0.2) is 47.9 Å². The van der Waals surface area contributed by atoms with Crippen LogP contribution >= 0.6 is 23.7 Å². The van der Waals surface area contributed by atoms with Gasteiger partial charge in [0.05, 0.1) is 9.62 Å². The number of carbonyl (C=O) groups excluding carboxylic acids is 1. The highest BCUT2D eigenvalue weighted by Crippen LogP contribution is 2.32. The van der Waals surface area contributed by atoms with Gasteiger partial charge in [0, 0.05) is 36.3 Å². The normalized spacial score (nSPS) is 10.9. The summed E-state index contributed by atoms with van der Waals surface area (Å²) < 4.78 is 27.9. The number of anilines is 1. The maximum Gasteiger partial charge on any atom is 0.273 e. The van der Waals surface area contributed by atoms with Gasteiger partial charge in [0.2, 0.25) is 0 Å². The lowest BCUT2D eigenvalue weighted by Crippen LogP contribution is -2.37. The van der Waals surface area contributed by atoms with Crippen LogP contribution in [0.15, 0.2) is 30.3 Å². The molecular weight excluding hydrogens is 438 g/mol. The van der Waals surface area contributed by atoms with E-state index in [0.717, 1.165) is 23.5 Å². The zero-order valence-electron chi connectivity index (χ0n) is 16.4. The molecule has 0 radical (unpaired) electrons. The predicted molar refractivity (Wildman–Crippen MR) is 115 cm³/mol. The monoisotopic (exact) mass is 456 g/mol. The Bertz CT molecular complexity index is 1110. The third-order valence-corrected chi connectivity index (χ3v) is 5.41. The predicted octanol–water partition coefficient (Wildman–Crippen LogP) is 4.42. The van der Waals surface area contributed by atoms with Gasteiger partial charge in [-0.25, -0.2) is 13.8 Å². The molecule has 30 heavy (non-hydrogen) atoms. The highest BCUT2D eigenvalue weighted by atomic mass is 35.5. The summed E-state index contributed by atoms with van der Waals surface area (Å²) in [6.45, 7) is 2.20. The second-order valence-corrected chi connectivity index (χ2v) is 7.71. The summed E-state index contributed by atoms with van der Waals surface area (Å²) in [6, 6.07) is 6.16. The lowest BCUT2D eigenvalue weighted by molar-refractivity contribution is -0.385. The Morgan fingerprint density at radius 1 is 1.23 bits per heavy atom. The van der Waals surface area contributed by atoms with Crippen molar-refractivity contribution in [2.75, 3.05) is 32.1 Å². The molecule has 11 heteroatoms. The van der Waals surface area contributed by atoms with Crippen molar-refractivity contribution in [1.29, 1.82) is 0 Å². The van der Waals surface area contributed by atoms with Crippen molar-refractivity contribution in [3.63, 3.8) is 0 Å². The summed E-state index contributed by atoms with van der Waals surface area (Å²) in [5.74, 6) is -2.03. The van der Waals surface area contributed by atoms with E-state index < -0.39 is 22.5 Å². The van der Waals surface area contributed by atoms with Gasteiger partial charge < -0.3 is 4.90 Å². The molecule has 0 saturated carbocycles. The largest absolute Gasteiger partial charge is 0.308 e. The molecule has 0 atom stereocenters. The van der Waals surface area contributed by atoms with E-state index in [1.54, 1.807) is 0 Å². The highest BCUT2D eigenvalue weighted by Gasteiger charge is 2.26. The van der Waals surface area contributed by atoms with Crippen LogP contribution < -0.4 is 4.90 Å². The number of fused-ring (bicyclic) bond motifs is 1. The zero-order chi connectivity index (χ0) is 21.3.